The number of aromatic nitrogens is 2. The summed E-state index contributed by atoms with van der Waals surface area (Å²) in [5.41, 5.74) is 5.93. The van der Waals surface area contributed by atoms with Gasteiger partial charge in [-0.3, -0.25) is 0 Å². The second kappa shape index (κ2) is 3.59. The summed E-state index contributed by atoms with van der Waals surface area (Å²) in [5.74, 6) is 1.80. The van der Waals surface area contributed by atoms with Crippen LogP contribution in [0, 0.1) is 0 Å². The summed E-state index contributed by atoms with van der Waals surface area (Å²) in [6.07, 6.45) is 3.33. The SMILES string of the molecule is CC(C)(C)c1nc([C@H]2CCC[C@H]2N)no1. The Hall–Kier alpha value is -0.900. The van der Waals surface area contributed by atoms with Crippen molar-refractivity contribution in [3.05, 3.63) is 11.7 Å². The zero-order chi connectivity index (χ0) is 11.1. The number of rotatable bonds is 1. The van der Waals surface area contributed by atoms with Gasteiger partial charge in [-0.1, -0.05) is 32.3 Å². The molecule has 4 nitrogen and oxygen atoms in total. The number of hydrogen-bond donors (Lipinski definition) is 1. The van der Waals surface area contributed by atoms with Gasteiger partial charge >= 0.3 is 0 Å². The topological polar surface area (TPSA) is 64.9 Å². The standard InChI is InChI=1S/C11H19N3O/c1-11(2,3)10-13-9(14-15-10)7-5-4-6-8(7)12/h7-8H,4-6,12H2,1-3H3/t7-,8+/m0/s1. The van der Waals surface area contributed by atoms with E-state index in [-0.39, 0.29) is 11.5 Å². The van der Waals surface area contributed by atoms with Gasteiger partial charge < -0.3 is 10.3 Å². The lowest BCUT2D eigenvalue weighted by Gasteiger charge is -2.12. The van der Waals surface area contributed by atoms with Crippen LogP contribution >= 0.6 is 0 Å². The summed E-state index contributed by atoms with van der Waals surface area (Å²) in [6, 6.07) is 0.204. The van der Waals surface area contributed by atoms with Crippen molar-refractivity contribution in [2.24, 2.45) is 5.73 Å². The minimum Gasteiger partial charge on any atom is -0.339 e. The highest BCUT2D eigenvalue weighted by molar-refractivity contribution is 5.06. The van der Waals surface area contributed by atoms with Crippen molar-refractivity contribution >= 4 is 0 Å². The molecule has 1 fully saturated rings. The average molecular weight is 209 g/mol. The number of nitrogens with two attached hydrogens (primary N) is 1. The summed E-state index contributed by atoms with van der Waals surface area (Å²) >= 11 is 0. The largest absolute Gasteiger partial charge is 0.339 e. The van der Waals surface area contributed by atoms with E-state index in [1.807, 2.05) is 0 Å². The maximum absolute atomic E-state index is 6.01. The van der Waals surface area contributed by atoms with Crippen molar-refractivity contribution in [2.45, 2.75) is 57.4 Å². The molecule has 0 unspecified atom stereocenters. The molecule has 0 saturated heterocycles. The third-order valence-corrected chi connectivity index (χ3v) is 2.98. The summed E-state index contributed by atoms with van der Waals surface area (Å²) in [7, 11) is 0. The van der Waals surface area contributed by atoms with Crippen molar-refractivity contribution in [3.8, 4) is 0 Å². The lowest BCUT2D eigenvalue weighted by molar-refractivity contribution is 0.316. The monoisotopic (exact) mass is 209 g/mol. The summed E-state index contributed by atoms with van der Waals surface area (Å²) < 4.78 is 5.27. The van der Waals surface area contributed by atoms with Gasteiger partial charge in [-0.15, -0.1) is 0 Å². The predicted octanol–water partition coefficient (Wildman–Crippen LogP) is 1.96. The van der Waals surface area contributed by atoms with Gasteiger partial charge in [0.2, 0.25) is 5.89 Å². The first kappa shape index (κ1) is 10.6. The Balaban J connectivity index is 2.20. The Labute approximate surface area is 90.2 Å². The maximum atomic E-state index is 6.01. The Kier molecular flexibility index (Phi) is 2.54. The van der Waals surface area contributed by atoms with Gasteiger partial charge in [-0.2, -0.15) is 4.98 Å². The van der Waals surface area contributed by atoms with Crippen molar-refractivity contribution in [1.82, 2.24) is 10.1 Å². The van der Waals surface area contributed by atoms with Crippen LogP contribution in [-0.4, -0.2) is 16.2 Å². The van der Waals surface area contributed by atoms with E-state index in [0.29, 0.717) is 11.8 Å². The summed E-state index contributed by atoms with van der Waals surface area (Å²) in [6.45, 7) is 6.20. The number of nitrogens with zero attached hydrogens (tertiary/aromatic N) is 2. The van der Waals surface area contributed by atoms with Crippen LogP contribution < -0.4 is 5.73 Å². The fourth-order valence-corrected chi connectivity index (χ4v) is 2.00. The molecule has 1 aromatic rings. The molecular weight excluding hydrogens is 190 g/mol. The molecule has 1 saturated carbocycles. The normalized spacial score (nSPS) is 27.2. The van der Waals surface area contributed by atoms with E-state index < -0.39 is 0 Å². The average Bonchev–Trinajstić information content (AvgIpc) is 2.69. The van der Waals surface area contributed by atoms with Crippen LogP contribution in [-0.2, 0) is 5.41 Å². The van der Waals surface area contributed by atoms with E-state index >= 15 is 0 Å². The van der Waals surface area contributed by atoms with Crippen LogP contribution in [0.1, 0.15) is 57.7 Å². The van der Waals surface area contributed by atoms with Crippen molar-refractivity contribution in [1.29, 1.82) is 0 Å². The van der Waals surface area contributed by atoms with E-state index in [4.69, 9.17) is 10.3 Å². The van der Waals surface area contributed by atoms with Crippen LogP contribution in [0.25, 0.3) is 0 Å². The lowest BCUT2D eigenvalue weighted by atomic mass is 9.97. The van der Waals surface area contributed by atoms with Gasteiger partial charge in [-0.25, -0.2) is 0 Å². The molecule has 0 radical (unpaired) electrons. The zero-order valence-corrected chi connectivity index (χ0v) is 9.66. The van der Waals surface area contributed by atoms with E-state index in [9.17, 15) is 0 Å². The van der Waals surface area contributed by atoms with Crippen molar-refractivity contribution in [2.75, 3.05) is 0 Å². The Morgan fingerprint density at radius 2 is 2.07 bits per heavy atom. The van der Waals surface area contributed by atoms with Crippen LogP contribution in [0.5, 0.6) is 0 Å². The van der Waals surface area contributed by atoms with Crippen LogP contribution in [0.15, 0.2) is 4.52 Å². The van der Waals surface area contributed by atoms with E-state index in [2.05, 4.69) is 30.9 Å². The summed E-state index contributed by atoms with van der Waals surface area (Å²) in [4.78, 5) is 4.46. The van der Waals surface area contributed by atoms with Crippen LogP contribution in [0.4, 0.5) is 0 Å². The van der Waals surface area contributed by atoms with Gasteiger partial charge in [-0.05, 0) is 12.8 Å². The minimum absolute atomic E-state index is 0.0754. The molecule has 2 N–H and O–H groups in total. The second-order valence-corrected chi connectivity index (χ2v) is 5.41. The van der Waals surface area contributed by atoms with Gasteiger partial charge in [0.25, 0.3) is 0 Å². The van der Waals surface area contributed by atoms with E-state index in [1.165, 1.54) is 6.42 Å². The number of hydrogen-bond acceptors (Lipinski definition) is 4. The third-order valence-electron chi connectivity index (χ3n) is 2.98. The lowest BCUT2D eigenvalue weighted by Crippen LogP contribution is -2.23. The van der Waals surface area contributed by atoms with Crippen LogP contribution in [0.3, 0.4) is 0 Å². The molecule has 0 bridgehead atoms. The molecular formula is C11H19N3O. The molecule has 0 amide bonds. The summed E-state index contributed by atoms with van der Waals surface area (Å²) in [5, 5.41) is 4.05. The van der Waals surface area contributed by atoms with Gasteiger partial charge in [0.1, 0.15) is 0 Å². The molecule has 2 atom stereocenters. The van der Waals surface area contributed by atoms with Crippen molar-refractivity contribution in [3.63, 3.8) is 0 Å². The second-order valence-electron chi connectivity index (χ2n) is 5.41. The highest BCUT2D eigenvalue weighted by Crippen LogP contribution is 2.32. The zero-order valence-electron chi connectivity index (χ0n) is 9.66. The quantitative estimate of drug-likeness (QED) is 0.768. The molecule has 0 spiro atoms. The Morgan fingerprint density at radius 1 is 1.33 bits per heavy atom. The first-order chi connectivity index (χ1) is 6.98. The molecule has 0 aliphatic heterocycles. The minimum atomic E-state index is -0.0754. The highest BCUT2D eigenvalue weighted by atomic mass is 16.5. The highest BCUT2D eigenvalue weighted by Gasteiger charge is 2.31. The molecule has 4 heteroatoms. The van der Waals surface area contributed by atoms with Gasteiger partial charge in [0.05, 0.1) is 0 Å². The fraction of sp³-hybridized carbons (Fsp3) is 0.818. The molecule has 0 aromatic carbocycles. The maximum Gasteiger partial charge on any atom is 0.232 e. The molecule has 1 aliphatic carbocycles. The smallest absolute Gasteiger partial charge is 0.232 e. The molecule has 2 rings (SSSR count). The Bertz CT molecular complexity index is 340. The first-order valence-corrected chi connectivity index (χ1v) is 5.58. The van der Waals surface area contributed by atoms with E-state index in [0.717, 1.165) is 18.7 Å². The van der Waals surface area contributed by atoms with Crippen molar-refractivity contribution < 1.29 is 4.52 Å². The fourth-order valence-electron chi connectivity index (χ4n) is 2.00. The van der Waals surface area contributed by atoms with Gasteiger partial charge in [0, 0.05) is 17.4 Å². The van der Waals surface area contributed by atoms with E-state index in [1.54, 1.807) is 0 Å². The molecule has 84 valence electrons. The van der Waals surface area contributed by atoms with Gasteiger partial charge in [0.15, 0.2) is 5.82 Å². The molecule has 1 aromatic heterocycles. The third kappa shape index (κ3) is 2.04. The van der Waals surface area contributed by atoms with Crippen LogP contribution in [0.2, 0.25) is 0 Å². The molecule has 1 heterocycles. The predicted molar refractivity (Wildman–Crippen MR) is 57.6 cm³/mol. The molecule has 15 heavy (non-hydrogen) atoms. The molecule has 1 aliphatic rings. The Morgan fingerprint density at radius 3 is 2.53 bits per heavy atom. The first-order valence-electron chi connectivity index (χ1n) is 5.58.